The zero-order valence-electron chi connectivity index (χ0n) is 7.87. The molecule has 0 aliphatic carbocycles. The number of aromatic nitrogens is 2. The zero-order chi connectivity index (χ0) is 11.3. The predicted molar refractivity (Wildman–Crippen MR) is 54.2 cm³/mol. The summed E-state index contributed by atoms with van der Waals surface area (Å²) in [6.07, 6.45) is 0. The Hall–Kier alpha value is -0.910. The summed E-state index contributed by atoms with van der Waals surface area (Å²) in [5.41, 5.74) is 0.0905. The van der Waals surface area contributed by atoms with Crippen LogP contribution in [0.3, 0.4) is 0 Å². The lowest BCUT2D eigenvalue weighted by Gasteiger charge is -2.04. The van der Waals surface area contributed by atoms with Crippen molar-refractivity contribution in [3.63, 3.8) is 0 Å². The molecule has 0 aliphatic heterocycles. The largest absolute Gasteiger partial charge is 0.460 e. The Morgan fingerprint density at radius 2 is 2.13 bits per heavy atom. The van der Waals surface area contributed by atoms with Crippen molar-refractivity contribution >= 4 is 29.2 Å². The van der Waals surface area contributed by atoms with E-state index >= 15 is 0 Å². The van der Waals surface area contributed by atoms with Crippen LogP contribution in [0.1, 0.15) is 10.4 Å². The van der Waals surface area contributed by atoms with Crippen LogP contribution in [0.15, 0.2) is 6.07 Å². The molecule has 1 aromatic rings. The summed E-state index contributed by atoms with van der Waals surface area (Å²) in [7, 11) is 1.51. The lowest BCUT2D eigenvalue weighted by atomic mass is 10.3. The minimum absolute atomic E-state index is 0.0400. The maximum atomic E-state index is 11.4. The molecule has 0 aromatic carbocycles. The predicted octanol–water partition coefficient (Wildman–Crippen LogP) is 1.59. The van der Waals surface area contributed by atoms with E-state index < -0.39 is 5.97 Å². The molecule has 0 radical (unpaired) electrons. The van der Waals surface area contributed by atoms with Crippen LogP contribution in [-0.2, 0) is 9.47 Å². The van der Waals surface area contributed by atoms with E-state index in [0.717, 1.165) is 0 Å². The minimum atomic E-state index is -0.603. The van der Waals surface area contributed by atoms with Gasteiger partial charge in [0.2, 0.25) is 0 Å². The first kappa shape index (κ1) is 12.2. The monoisotopic (exact) mass is 250 g/mol. The van der Waals surface area contributed by atoms with Gasteiger partial charge in [0, 0.05) is 7.11 Å². The van der Waals surface area contributed by atoms with E-state index in [1.807, 2.05) is 0 Å². The Morgan fingerprint density at radius 3 is 2.80 bits per heavy atom. The smallest absolute Gasteiger partial charge is 0.341 e. The van der Waals surface area contributed by atoms with E-state index in [9.17, 15) is 4.79 Å². The van der Waals surface area contributed by atoms with Crippen LogP contribution >= 0.6 is 23.2 Å². The fourth-order valence-electron chi connectivity index (χ4n) is 0.792. The number of hydrogen-bond donors (Lipinski definition) is 0. The molecule has 0 saturated heterocycles. The molecule has 7 heteroatoms. The van der Waals surface area contributed by atoms with Gasteiger partial charge in [-0.25, -0.2) is 4.79 Å². The van der Waals surface area contributed by atoms with E-state index in [4.69, 9.17) is 32.7 Å². The summed E-state index contributed by atoms with van der Waals surface area (Å²) in [5, 5.41) is 6.99. The fraction of sp³-hybridized carbons (Fsp3) is 0.375. The third-order valence-electron chi connectivity index (χ3n) is 1.46. The first-order chi connectivity index (χ1) is 7.15. The molecule has 0 aliphatic rings. The molecule has 0 saturated carbocycles. The highest BCUT2D eigenvalue weighted by Crippen LogP contribution is 2.16. The number of carbonyl (C=O) groups excluding carboxylic acids is 1. The van der Waals surface area contributed by atoms with Crippen molar-refractivity contribution in [1.82, 2.24) is 10.2 Å². The molecule has 0 N–H and O–H groups in total. The van der Waals surface area contributed by atoms with E-state index in [1.165, 1.54) is 13.2 Å². The van der Waals surface area contributed by atoms with Crippen molar-refractivity contribution in [2.24, 2.45) is 0 Å². The van der Waals surface area contributed by atoms with Crippen LogP contribution in [0.2, 0.25) is 10.3 Å². The molecule has 0 bridgehead atoms. The molecule has 1 heterocycles. The highest BCUT2D eigenvalue weighted by molar-refractivity contribution is 6.33. The second-order valence-electron chi connectivity index (χ2n) is 2.50. The molecule has 0 fully saturated rings. The number of halogens is 2. The van der Waals surface area contributed by atoms with Crippen LogP contribution in [0, 0.1) is 0 Å². The maximum Gasteiger partial charge on any atom is 0.341 e. The average molecular weight is 251 g/mol. The molecule has 0 atom stereocenters. The Balaban J connectivity index is 2.68. The van der Waals surface area contributed by atoms with Gasteiger partial charge in [-0.1, -0.05) is 23.2 Å². The summed E-state index contributed by atoms with van der Waals surface area (Å²) in [6, 6.07) is 1.30. The van der Waals surface area contributed by atoms with Gasteiger partial charge in [-0.3, -0.25) is 0 Å². The number of ether oxygens (including phenoxy) is 2. The molecular weight excluding hydrogens is 243 g/mol. The van der Waals surface area contributed by atoms with E-state index in [2.05, 4.69) is 10.2 Å². The van der Waals surface area contributed by atoms with Gasteiger partial charge >= 0.3 is 5.97 Å². The molecule has 0 spiro atoms. The minimum Gasteiger partial charge on any atom is -0.460 e. The summed E-state index contributed by atoms with van der Waals surface area (Å²) < 4.78 is 9.55. The van der Waals surface area contributed by atoms with Crippen molar-refractivity contribution in [2.45, 2.75) is 0 Å². The first-order valence-corrected chi connectivity index (χ1v) is 4.75. The third kappa shape index (κ3) is 3.62. The van der Waals surface area contributed by atoms with Crippen molar-refractivity contribution in [3.8, 4) is 0 Å². The summed E-state index contributed by atoms with van der Waals surface area (Å²) >= 11 is 11.2. The molecule has 82 valence electrons. The van der Waals surface area contributed by atoms with Crippen LogP contribution in [0.5, 0.6) is 0 Å². The number of rotatable bonds is 4. The van der Waals surface area contributed by atoms with Gasteiger partial charge in [-0.15, -0.1) is 10.2 Å². The Bertz CT molecular complexity index is 360. The number of nitrogens with zero attached hydrogens (tertiary/aromatic N) is 2. The molecule has 5 nitrogen and oxygen atoms in total. The quantitative estimate of drug-likeness (QED) is 0.600. The van der Waals surface area contributed by atoms with Gasteiger partial charge in [0.25, 0.3) is 0 Å². The van der Waals surface area contributed by atoms with Crippen molar-refractivity contribution < 1.29 is 14.3 Å². The first-order valence-electron chi connectivity index (χ1n) is 4.00. The molecule has 0 amide bonds. The van der Waals surface area contributed by atoms with E-state index in [0.29, 0.717) is 6.61 Å². The second-order valence-corrected chi connectivity index (χ2v) is 3.25. The fourth-order valence-corrected chi connectivity index (χ4v) is 1.11. The normalized spacial score (nSPS) is 10.1. The average Bonchev–Trinajstić information content (AvgIpc) is 2.22. The van der Waals surface area contributed by atoms with Gasteiger partial charge in [0.1, 0.15) is 12.2 Å². The van der Waals surface area contributed by atoms with Crippen molar-refractivity contribution in [3.05, 3.63) is 21.9 Å². The van der Waals surface area contributed by atoms with Crippen LogP contribution in [-0.4, -0.2) is 36.5 Å². The number of hydrogen-bond acceptors (Lipinski definition) is 5. The standard InChI is InChI=1S/C8H8Cl2N2O3/c1-14-2-3-15-8(13)5-4-6(9)11-12-7(5)10/h4H,2-3H2,1H3. The van der Waals surface area contributed by atoms with E-state index in [1.54, 1.807) is 0 Å². The molecule has 1 rings (SSSR count). The molecule has 1 aromatic heterocycles. The van der Waals surface area contributed by atoms with Gasteiger partial charge in [-0.2, -0.15) is 0 Å². The number of esters is 1. The van der Waals surface area contributed by atoms with Crippen molar-refractivity contribution in [1.29, 1.82) is 0 Å². The summed E-state index contributed by atoms with van der Waals surface area (Å²) in [5.74, 6) is -0.603. The Morgan fingerprint density at radius 1 is 1.40 bits per heavy atom. The second kappa shape index (κ2) is 5.85. The molecule has 15 heavy (non-hydrogen) atoms. The summed E-state index contributed by atoms with van der Waals surface area (Å²) in [6.45, 7) is 0.460. The number of methoxy groups -OCH3 is 1. The van der Waals surface area contributed by atoms with Crippen molar-refractivity contribution in [2.75, 3.05) is 20.3 Å². The van der Waals surface area contributed by atoms with Gasteiger partial charge in [0.05, 0.1) is 6.61 Å². The topological polar surface area (TPSA) is 61.3 Å². The zero-order valence-corrected chi connectivity index (χ0v) is 9.38. The van der Waals surface area contributed by atoms with Crippen LogP contribution in [0.25, 0.3) is 0 Å². The Labute approximate surface area is 96.3 Å². The molecule has 0 unspecified atom stereocenters. The molecular formula is C8H8Cl2N2O3. The maximum absolute atomic E-state index is 11.4. The lowest BCUT2D eigenvalue weighted by Crippen LogP contribution is -2.11. The Kier molecular flexibility index (Phi) is 4.74. The summed E-state index contributed by atoms with van der Waals surface area (Å²) in [4.78, 5) is 11.4. The van der Waals surface area contributed by atoms with Gasteiger partial charge < -0.3 is 9.47 Å². The highest BCUT2D eigenvalue weighted by Gasteiger charge is 2.14. The lowest BCUT2D eigenvalue weighted by molar-refractivity contribution is 0.0387. The SMILES string of the molecule is COCCOC(=O)c1cc(Cl)nnc1Cl. The van der Waals surface area contributed by atoms with Gasteiger partial charge in [-0.05, 0) is 6.07 Å². The highest BCUT2D eigenvalue weighted by atomic mass is 35.5. The van der Waals surface area contributed by atoms with Crippen LogP contribution < -0.4 is 0 Å². The van der Waals surface area contributed by atoms with Gasteiger partial charge in [0.15, 0.2) is 10.3 Å². The van der Waals surface area contributed by atoms with Crippen LogP contribution in [0.4, 0.5) is 0 Å². The third-order valence-corrected chi connectivity index (χ3v) is 1.92. The van der Waals surface area contributed by atoms with E-state index in [-0.39, 0.29) is 22.5 Å². The number of carbonyl (C=O) groups is 1.